The molecule has 0 aliphatic heterocycles. The van der Waals surface area contributed by atoms with Gasteiger partial charge in [0.15, 0.2) is 0 Å². The Balaban J connectivity index is 1.10. The van der Waals surface area contributed by atoms with Gasteiger partial charge in [-0.05, 0) is 111 Å². The molecule has 0 radical (unpaired) electrons. The van der Waals surface area contributed by atoms with Crippen LogP contribution < -0.4 is 4.90 Å². The zero-order chi connectivity index (χ0) is 34.4. The van der Waals surface area contributed by atoms with Crippen molar-refractivity contribution in [3.8, 4) is 27.9 Å². The molecular weight excluding hydrogens is 629 g/mol. The van der Waals surface area contributed by atoms with Crippen LogP contribution in [0.2, 0.25) is 0 Å². The van der Waals surface area contributed by atoms with E-state index in [2.05, 4.69) is 216 Å². The number of rotatable bonds is 6. The maximum Gasteiger partial charge on any atom is 0.0547 e. The van der Waals surface area contributed by atoms with Gasteiger partial charge in [-0.15, -0.1) is 0 Å². The molecule has 2 heteroatoms. The molecule has 0 aliphatic rings. The lowest BCUT2D eigenvalue weighted by atomic mass is 10.0. The summed E-state index contributed by atoms with van der Waals surface area (Å²) in [5.74, 6) is 0. The standard InChI is InChI=1S/C50H34N2/c1-2-11-35(12-3-1)37-23-26-42(27-24-37)51(45-17-10-16-40(34-45)41-22-21-36-13-4-5-15-39(36)33-41)43-28-30-44(31-29-43)52-48-20-9-8-19-47(48)50-46-18-7-6-14-38(46)25-32-49(50)52/h1-34H. The van der Waals surface area contributed by atoms with Crippen LogP contribution in [0.3, 0.4) is 0 Å². The quantitative estimate of drug-likeness (QED) is 0.172. The maximum absolute atomic E-state index is 2.40. The molecule has 244 valence electrons. The Morgan fingerprint density at radius 3 is 1.69 bits per heavy atom. The van der Waals surface area contributed by atoms with Crippen LogP contribution in [0.1, 0.15) is 0 Å². The Hall–Kier alpha value is -6.90. The van der Waals surface area contributed by atoms with Crippen molar-refractivity contribution in [2.75, 3.05) is 4.90 Å². The van der Waals surface area contributed by atoms with Crippen LogP contribution in [0.4, 0.5) is 17.1 Å². The Morgan fingerprint density at radius 2 is 0.885 bits per heavy atom. The molecule has 1 heterocycles. The van der Waals surface area contributed by atoms with Gasteiger partial charge in [-0.3, -0.25) is 0 Å². The average molecular weight is 663 g/mol. The van der Waals surface area contributed by atoms with Gasteiger partial charge >= 0.3 is 0 Å². The minimum Gasteiger partial charge on any atom is -0.310 e. The van der Waals surface area contributed by atoms with E-state index in [1.165, 1.54) is 65.6 Å². The molecule has 9 aromatic carbocycles. The highest BCUT2D eigenvalue weighted by Crippen LogP contribution is 2.40. The first-order valence-corrected chi connectivity index (χ1v) is 17.8. The number of fused-ring (bicyclic) bond motifs is 6. The first-order valence-electron chi connectivity index (χ1n) is 17.8. The summed E-state index contributed by atoms with van der Waals surface area (Å²) < 4.78 is 2.40. The van der Waals surface area contributed by atoms with Gasteiger partial charge in [0.2, 0.25) is 0 Å². The summed E-state index contributed by atoms with van der Waals surface area (Å²) in [6.45, 7) is 0. The second kappa shape index (κ2) is 12.5. The van der Waals surface area contributed by atoms with Crippen LogP contribution in [-0.4, -0.2) is 4.57 Å². The SMILES string of the molecule is c1ccc(-c2ccc(N(c3ccc(-n4c5ccccc5c5c6ccccc6ccc54)cc3)c3cccc(-c4ccc5ccccc5c4)c3)cc2)cc1. The molecule has 0 saturated carbocycles. The van der Waals surface area contributed by atoms with E-state index >= 15 is 0 Å². The zero-order valence-electron chi connectivity index (χ0n) is 28.5. The molecule has 2 nitrogen and oxygen atoms in total. The van der Waals surface area contributed by atoms with Crippen LogP contribution in [0, 0.1) is 0 Å². The summed E-state index contributed by atoms with van der Waals surface area (Å²) in [6, 6.07) is 74.7. The maximum atomic E-state index is 2.40. The average Bonchev–Trinajstić information content (AvgIpc) is 3.57. The van der Waals surface area contributed by atoms with Crippen LogP contribution in [0.5, 0.6) is 0 Å². The third kappa shape index (κ3) is 5.12. The minimum atomic E-state index is 1.10. The molecule has 0 amide bonds. The van der Waals surface area contributed by atoms with E-state index < -0.39 is 0 Å². The van der Waals surface area contributed by atoms with Crippen molar-refractivity contribution in [3.63, 3.8) is 0 Å². The minimum absolute atomic E-state index is 1.10. The van der Waals surface area contributed by atoms with Gasteiger partial charge < -0.3 is 9.47 Å². The number of anilines is 3. The van der Waals surface area contributed by atoms with Crippen molar-refractivity contribution in [1.29, 1.82) is 0 Å². The molecule has 1 aromatic heterocycles. The lowest BCUT2D eigenvalue weighted by Gasteiger charge is -2.26. The van der Waals surface area contributed by atoms with Crippen LogP contribution >= 0.6 is 0 Å². The van der Waals surface area contributed by atoms with Crippen LogP contribution in [0.25, 0.3) is 71.3 Å². The van der Waals surface area contributed by atoms with Gasteiger partial charge in [-0.25, -0.2) is 0 Å². The van der Waals surface area contributed by atoms with Crippen LogP contribution in [-0.2, 0) is 0 Å². The van der Waals surface area contributed by atoms with Crippen molar-refractivity contribution in [2.24, 2.45) is 0 Å². The van der Waals surface area contributed by atoms with Crippen molar-refractivity contribution < 1.29 is 0 Å². The van der Waals surface area contributed by atoms with E-state index in [0.29, 0.717) is 0 Å². The number of benzene rings is 9. The van der Waals surface area contributed by atoms with Gasteiger partial charge in [0, 0.05) is 33.5 Å². The van der Waals surface area contributed by atoms with Gasteiger partial charge in [0.1, 0.15) is 0 Å². The van der Waals surface area contributed by atoms with Crippen molar-refractivity contribution >= 4 is 60.4 Å². The number of aromatic nitrogens is 1. The van der Waals surface area contributed by atoms with Crippen molar-refractivity contribution in [1.82, 2.24) is 4.57 Å². The number of hydrogen-bond donors (Lipinski definition) is 0. The van der Waals surface area contributed by atoms with Gasteiger partial charge in [0.25, 0.3) is 0 Å². The van der Waals surface area contributed by atoms with E-state index in [1.807, 2.05) is 0 Å². The third-order valence-electron chi connectivity index (χ3n) is 10.3. The largest absolute Gasteiger partial charge is 0.310 e. The molecule has 0 bridgehead atoms. The van der Waals surface area contributed by atoms with E-state index in [4.69, 9.17) is 0 Å². The fraction of sp³-hybridized carbons (Fsp3) is 0. The summed E-state index contributed by atoms with van der Waals surface area (Å²) in [7, 11) is 0. The van der Waals surface area contributed by atoms with E-state index in [1.54, 1.807) is 0 Å². The van der Waals surface area contributed by atoms with Gasteiger partial charge in [-0.2, -0.15) is 0 Å². The Kier molecular flexibility index (Phi) is 7.18. The highest BCUT2D eigenvalue weighted by atomic mass is 15.1. The number of nitrogens with zero attached hydrogens (tertiary/aromatic N) is 2. The molecule has 52 heavy (non-hydrogen) atoms. The zero-order valence-corrected chi connectivity index (χ0v) is 28.5. The number of para-hydroxylation sites is 1. The molecule has 0 fully saturated rings. The molecule has 0 atom stereocenters. The molecule has 0 spiro atoms. The monoisotopic (exact) mass is 662 g/mol. The molecule has 0 saturated heterocycles. The fourth-order valence-corrected chi connectivity index (χ4v) is 7.84. The molecule has 10 aromatic rings. The number of hydrogen-bond acceptors (Lipinski definition) is 1. The predicted molar refractivity (Wildman–Crippen MR) is 221 cm³/mol. The summed E-state index contributed by atoms with van der Waals surface area (Å²) >= 11 is 0. The lowest BCUT2D eigenvalue weighted by Crippen LogP contribution is -2.10. The molecule has 0 N–H and O–H groups in total. The Labute approximate surface area is 303 Å². The summed E-state index contributed by atoms with van der Waals surface area (Å²) in [4.78, 5) is 2.36. The first-order chi connectivity index (χ1) is 25.8. The smallest absolute Gasteiger partial charge is 0.0547 e. The van der Waals surface area contributed by atoms with E-state index in [0.717, 1.165) is 22.7 Å². The molecule has 0 aliphatic carbocycles. The van der Waals surface area contributed by atoms with Crippen molar-refractivity contribution in [2.45, 2.75) is 0 Å². The predicted octanol–water partition coefficient (Wildman–Crippen LogP) is 13.9. The van der Waals surface area contributed by atoms with Gasteiger partial charge in [0.05, 0.1) is 11.0 Å². The molecular formula is C50H34N2. The topological polar surface area (TPSA) is 8.17 Å². The van der Waals surface area contributed by atoms with E-state index in [9.17, 15) is 0 Å². The first kappa shape index (κ1) is 30.0. The fourth-order valence-electron chi connectivity index (χ4n) is 7.84. The second-order valence-corrected chi connectivity index (χ2v) is 13.4. The van der Waals surface area contributed by atoms with Crippen LogP contribution in [0.15, 0.2) is 206 Å². The molecule has 10 rings (SSSR count). The van der Waals surface area contributed by atoms with Gasteiger partial charge in [-0.1, -0.05) is 140 Å². The van der Waals surface area contributed by atoms with Crippen molar-refractivity contribution in [3.05, 3.63) is 206 Å². The second-order valence-electron chi connectivity index (χ2n) is 13.4. The Bertz CT molecular complexity index is 2880. The van der Waals surface area contributed by atoms with E-state index in [-0.39, 0.29) is 0 Å². The highest BCUT2D eigenvalue weighted by molar-refractivity contribution is 6.21. The molecule has 0 unspecified atom stereocenters. The summed E-state index contributed by atoms with van der Waals surface area (Å²) in [5.41, 5.74) is 11.7. The highest BCUT2D eigenvalue weighted by Gasteiger charge is 2.17. The Morgan fingerprint density at radius 1 is 0.308 bits per heavy atom. The third-order valence-corrected chi connectivity index (χ3v) is 10.3. The lowest BCUT2D eigenvalue weighted by molar-refractivity contribution is 1.17. The summed E-state index contributed by atoms with van der Waals surface area (Å²) in [6.07, 6.45) is 0. The normalized spacial score (nSPS) is 11.5. The summed E-state index contributed by atoms with van der Waals surface area (Å²) in [5, 5.41) is 7.59.